The average Bonchev–Trinajstić information content (AvgIpc) is 3.26. The van der Waals surface area contributed by atoms with Crippen molar-refractivity contribution in [2.75, 3.05) is 13.1 Å². The first-order valence-electron chi connectivity index (χ1n) is 14.1. The van der Waals surface area contributed by atoms with Crippen LogP contribution < -0.4 is 0 Å². The first kappa shape index (κ1) is 26.5. The highest BCUT2D eigenvalue weighted by Gasteiger charge is 2.28. The third-order valence-electron chi connectivity index (χ3n) is 7.99. The predicted octanol–water partition coefficient (Wildman–Crippen LogP) is 6.61. The Morgan fingerprint density at radius 2 is 1.65 bits per heavy atom. The van der Waals surface area contributed by atoms with Gasteiger partial charge in [-0.3, -0.25) is 4.79 Å². The fourth-order valence-corrected chi connectivity index (χ4v) is 6.50. The van der Waals surface area contributed by atoms with E-state index in [9.17, 15) is 4.79 Å². The molecule has 3 heterocycles. The summed E-state index contributed by atoms with van der Waals surface area (Å²) < 4.78 is 2.22. The predicted molar refractivity (Wildman–Crippen MR) is 163 cm³/mol. The highest BCUT2D eigenvalue weighted by Crippen LogP contribution is 2.31. The molecule has 1 saturated heterocycles. The lowest BCUT2D eigenvalue weighted by Crippen LogP contribution is -2.42. The number of aromatic nitrogens is 4. The minimum atomic E-state index is -0.276. The summed E-state index contributed by atoms with van der Waals surface area (Å²) in [6, 6.07) is 25.7. The molecule has 6 nitrogen and oxygen atoms in total. The van der Waals surface area contributed by atoms with Crippen molar-refractivity contribution in [1.29, 1.82) is 0 Å². The van der Waals surface area contributed by atoms with E-state index in [2.05, 4.69) is 101 Å². The minimum Gasteiger partial charge on any atom is -0.342 e. The second-order valence-corrected chi connectivity index (χ2v) is 12.4. The number of piperidine rings is 1. The molecule has 1 amide bonds. The number of likely N-dealkylation sites (tertiary alicyclic amines) is 1. The second kappa shape index (κ2) is 11.4. The lowest BCUT2D eigenvalue weighted by Gasteiger charge is -2.33. The van der Waals surface area contributed by atoms with Crippen LogP contribution in [0.25, 0.3) is 22.1 Å². The number of carbonyl (C=O) groups is 1. The van der Waals surface area contributed by atoms with Crippen LogP contribution in [0.15, 0.2) is 78.0 Å². The molecule has 0 bridgehead atoms. The molecule has 1 fully saturated rings. The van der Waals surface area contributed by atoms with Crippen molar-refractivity contribution in [1.82, 2.24) is 24.6 Å². The average molecular weight is 550 g/mol. The molecule has 7 heteroatoms. The maximum absolute atomic E-state index is 13.4. The summed E-state index contributed by atoms with van der Waals surface area (Å²) >= 11 is 1.40. The fraction of sp³-hybridized carbons (Fsp3) is 0.333. The van der Waals surface area contributed by atoms with Crippen molar-refractivity contribution in [2.45, 2.75) is 57.0 Å². The zero-order valence-corrected chi connectivity index (χ0v) is 24.2. The molecule has 5 aromatic rings. The Morgan fingerprint density at radius 1 is 0.925 bits per heavy atom. The number of benzene rings is 3. The van der Waals surface area contributed by atoms with Gasteiger partial charge in [0.1, 0.15) is 5.52 Å². The Balaban J connectivity index is 1.19. The van der Waals surface area contributed by atoms with Gasteiger partial charge in [0.15, 0.2) is 5.65 Å². The molecule has 3 aromatic carbocycles. The number of aryl methyl sites for hydroxylation is 2. The SMILES string of the molecule is Cc1ccc(Cn2c3ccc(C)cc3c3nnc(SC(C)C(=O)N4CCC(Cc5ccccc5)CC4)nc32)cc1. The highest BCUT2D eigenvalue weighted by molar-refractivity contribution is 8.00. The molecule has 1 unspecified atom stereocenters. The van der Waals surface area contributed by atoms with Crippen molar-refractivity contribution < 1.29 is 4.79 Å². The van der Waals surface area contributed by atoms with Crippen LogP contribution in [0.2, 0.25) is 0 Å². The topological polar surface area (TPSA) is 63.9 Å². The Labute approximate surface area is 239 Å². The Kier molecular flexibility index (Phi) is 7.57. The summed E-state index contributed by atoms with van der Waals surface area (Å²) in [5.74, 6) is 0.783. The van der Waals surface area contributed by atoms with Crippen LogP contribution in [0.4, 0.5) is 0 Å². The van der Waals surface area contributed by atoms with Gasteiger partial charge in [0.2, 0.25) is 11.1 Å². The smallest absolute Gasteiger partial charge is 0.235 e. The van der Waals surface area contributed by atoms with Gasteiger partial charge in [0.25, 0.3) is 0 Å². The van der Waals surface area contributed by atoms with Gasteiger partial charge >= 0.3 is 0 Å². The molecule has 1 aliphatic rings. The summed E-state index contributed by atoms with van der Waals surface area (Å²) in [5.41, 5.74) is 7.70. The van der Waals surface area contributed by atoms with Crippen LogP contribution in [0.3, 0.4) is 0 Å². The zero-order valence-electron chi connectivity index (χ0n) is 23.4. The number of carbonyl (C=O) groups excluding carboxylic acids is 1. The summed E-state index contributed by atoms with van der Waals surface area (Å²) in [6.07, 6.45) is 3.17. The summed E-state index contributed by atoms with van der Waals surface area (Å²) in [5, 5.41) is 10.4. The molecule has 204 valence electrons. The lowest BCUT2D eigenvalue weighted by molar-refractivity contribution is -0.131. The Morgan fingerprint density at radius 3 is 2.40 bits per heavy atom. The standard InChI is InChI=1S/C33H35N5OS/c1-22-9-12-27(13-10-22)21-38-29-14-11-23(2)19-28(29)30-31(38)34-33(36-35-30)40-24(3)32(39)37-17-15-26(16-18-37)20-25-7-5-4-6-8-25/h4-14,19,24,26H,15-18,20-21H2,1-3H3. The van der Waals surface area contributed by atoms with Crippen LogP contribution in [-0.4, -0.2) is 48.9 Å². The Bertz CT molecular complexity index is 1640. The molecule has 0 radical (unpaired) electrons. The summed E-state index contributed by atoms with van der Waals surface area (Å²) in [7, 11) is 0. The van der Waals surface area contributed by atoms with E-state index in [0.717, 1.165) is 54.4 Å². The maximum atomic E-state index is 13.4. The summed E-state index contributed by atoms with van der Waals surface area (Å²) in [6.45, 7) is 8.46. The molecule has 1 aliphatic heterocycles. The first-order valence-corrected chi connectivity index (χ1v) is 15.0. The molecule has 0 aliphatic carbocycles. The number of nitrogens with zero attached hydrogens (tertiary/aromatic N) is 5. The molecule has 40 heavy (non-hydrogen) atoms. The van der Waals surface area contributed by atoms with E-state index in [1.54, 1.807) is 0 Å². The van der Waals surface area contributed by atoms with E-state index in [-0.39, 0.29) is 11.2 Å². The molecule has 2 aromatic heterocycles. The molecule has 6 rings (SSSR count). The van der Waals surface area contributed by atoms with E-state index >= 15 is 0 Å². The number of fused-ring (bicyclic) bond motifs is 3. The molecule has 0 spiro atoms. The van der Waals surface area contributed by atoms with Crippen LogP contribution in [0.5, 0.6) is 0 Å². The van der Waals surface area contributed by atoms with Crippen molar-refractivity contribution in [3.8, 4) is 0 Å². The molecular weight excluding hydrogens is 514 g/mol. The molecular formula is C33H35N5OS. The van der Waals surface area contributed by atoms with E-state index in [1.165, 1.54) is 34.0 Å². The van der Waals surface area contributed by atoms with Crippen molar-refractivity contribution in [3.63, 3.8) is 0 Å². The maximum Gasteiger partial charge on any atom is 0.235 e. The lowest BCUT2D eigenvalue weighted by atomic mass is 9.90. The minimum absolute atomic E-state index is 0.155. The van der Waals surface area contributed by atoms with Gasteiger partial charge in [-0.15, -0.1) is 10.2 Å². The van der Waals surface area contributed by atoms with E-state index in [0.29, 0.717) is 17.6 Å². The quantitative estimate of drug-likeness (QED) is 0.214. The van der Waals surface area contributed by atoms with Crippen LogP contribution in [0, 0.1) is 19.8 Å². The molecule has 0 saturated carbocycles. The Hall–Kier alpha value is -3.71. The monoisotopic (exact) mass is 549 g/mol. The number of amides is 1. The fourth-order valence-electron chi connectivity index (χ4n) is 5.71. The van der Waals surface area contributed by atoms with Crippen molar-refractivity contribution in [2.24, 2.45) is 5.92 Å². The van der Waals surface area contributed by atoms with Crippen LogP contribution in [0.1, 0.15) is 42.0 Å². The van der Waals surface area contributed by atoms with Crippen LogP contribution in [-0.2, 0) is 17.8 Å². The van der Waals surface area contributed by atoms with Gasteiger partial charge in [0.05, 0.1) is 10.8 Å². The highest BCUT2D eigenvalue weighted by atomic mass is 32.2. The number of rotatable bonds is 7. The third-order valence-corrected chi connectivity index (χ3v) is 8.93. The van der Waals surface area contributed by atoms with E-state index in [1.807, 2.05) is 11.8 Å². The van der Waals surface area contributed by atoms with Gasteiger partial charge < -0.3 is 9.47 Å². The number of hydrogen-bond donors (Lipinski definition) is 0. The van der Waals surface area contributed by atoms with Crippen molar-refractivity contribution >= 4 is 39.7 Å². The first-order chi connectivity index (χ1) is 19.4. The van der Waals surface area contributed by atoms with E-state index < -0.39 is 0 Å². The second-order valence-electron chi connectivity index (χ2n) is 11.1. The molecule has 0 N–H and O–H groups in total. The van der Waals surface area contributed by atoms with Gasteiger partial charge in [-0.25, -0.2) is 4.98 Å². The number of thioether (sulfide) groups is 1. The van der Waals surface area contributed by atoms with Gasteiger partial charge in [0, 0.05) is 25.0 Å². The normalized spacial score (nSPS) is 15.1. The van der Waals surface area contributed by atoms with Crippen LogP contribution >= 0.6 is 11.8 Å². The third kappa shape index (κ3) is 5.61. The van der Waals surface area contributed by atoms with Gasteiger partial charge in [-0.2, -0.15) is 0 Å². The zero-order chi connectivity index (χ0) is 27.6. The van der Waals surface area contributed by atoms with Gasteiger partial charge in [-0.05, 0) is 69.2 Å². The van der Waals surface area contributed by atoms with Gasteiger partial charge in [-0.1, -0.05) is 83.6 Å². The largest absolute Gasteiger partial charge is 0.342 e. The molecule has 1 atom stereocenters. The summed E-state index contributed by atoms with van der Waals surface area (Å²) in [4.78, 5) is 20.3. The van der Waals surface area contributed by atoms with E-state index in [4.69, 9.17) is 4.98 Å². The van der Waals surface area contributed by atoms with Crippen molar-refractivity contribution in [3.05, 3.63) is 95.1 Å². The number of hydrogen-bond acceptors (Lipinski definition) is 5.